The molecular weight excluding hydrogens is 361 g/mol. The van der Waals surface area contributed by atoms with Crippen LogP contribution < -0.4 is 4.90 Å². The lowest BCUT2D eigenvalue weighted by Gasteiger charge is -2.19. The highest BCUT2D eigenvalue weighted by Gasteiger charge is 2.43. The van der Waals surface area contributed by atoms with Crippen LogP contribution in [0.2, 0.25) is 0 Å². The number of urea groups is 1. The molecule has 0 bridgehead atoms. The van der Waals surface area contributed by atoms with E-state index in [1.807, 2.05) is 30.3 Å². The molecule has 28 heavy (non-hydrogen) atoms. The lowest BCUT2D eigenvalue weighted by atomic mass is 10.2. The topological polar surface area (TPSA) is 66.7 Å². The first-order chi connectivity index (χ1) is 13.5. The van der Waals surface area contributed by atoms with E-state index in [1.165, 1.54) is 29.2 Å². The van der Waals surface area contributed by atoms with Crippen molar-refractivity contribution in [3.63, 3.8) is 0 Å². The maximum absolute atomic E-state index is 13.2. The summed E-state index contributed by atoms with van der Waals surface area (Å²) < 4.78 is 18.9. The predicted molar refractivity (Wildman–Crippen MR) is 101 cm³/mol. The molecule has 1 saturated heterocycles. The van der Waals surface area contributed by atoms with Gasteiger partial charge in [0.25, 0.3) is 5.91 Å². The minimum absolute atomic E-state index is 0.0157. The quantitative estimate of drug-likeness (QED) is 0.639. The highest BCUT2D eigenvalue weighted by molar-refractivity contribution is 6.13. The molecular formula is C21H18FN3O3. The molecule has 0 unspecified atom stereocenters. The van der Waals surface area contributed by atoms with Crippen molar-refractivity contribution >= 4 is 17.6 Å². The van der Waals surface area contributed by atoms with Gasteiger partial charge in [0.15, 0.2) is 0 Å². The Labute approximate surface area is 161 Å². The highest BCUT2D eigenvalue weighted by Crippen LogP contribution is 2.28. The molecule has 1 aliphatic rings. The number of anilines is 1. The molecule has 1 atom stereocenters. The van der Waals surface area contributed by atoms with E-state index in [-0.39, 0.29) is 12.5 Å². The van der Waals surface area contributed by atoms with Gasteiger partial charge in [-0.15, -0.1) is 0 Å². The molecule has 1 aliphatic heterocycles. The number of hydrogen-bond donors (Lipinski definition) is 0. The van der Waals surface area contributed by atoms with Gasteiger partial charge < -0.3 is 4.42 Å². The fraction of sp³-hybridized carbons (Fsp3) is 0.190. The predicted octanol–water partition coefficient (Wildman–Crippen LogP) is 4.15. The van der Waals surface area contributed by atoms with Crippen LogP contribution in [0.5, 0.6) is 0 Å². The third-order valence-corrected chi connectivity index (χ3v) is 4.77. The van der Waals surface area contributed by atoms with Gasteiger partial charge >= 0.3 is 6.03 Å². The Morgan fingerprint density at radius 3 is 2.43 bits per heavy atom. The summed E-state index contributed by atoms with van der Waals surface area (Å²) in [4.78, 5) is 32.5. The molecule has 0 N–H and O–H groups in total. The van der Waals surface area contributed by atoms with Crippen molar-refractivity contribution in [2.75, 3.05) is 4.90 Å². The number of nitrogens with zero attached hydrogens (tertiary/aromatic N) is 3. The van der Waals surface area contributed by atoms with E-state index in [1.54, 1.807) is 13.8 Å². The number of imide groups is 1. The summed E-state index contributed by atoms with van der Waals surface area (Å²) in [6.07, 6.45) is 0. The normalized spacial score (nSPS) is 16.9. The number of rotatable bonds is 4. The largest absolute Gasteiger partial charge is 0.441 e. The summed E-state index contributed by atoms with van der Waals surface area (Å²) >= 11 is 0. The Morgan fingerprint density at radius 1 is 1.07 bits per heavy atom. The standard InChI is InChI=1S/C21H18FN3O3/c1-13-20(26)24(21(27)25(13)17-10-8-16(22)9-11-17)12-18-14(2)28-19(23-18)15-6-4-3-5-7-15/h3-11,13H,12H2,1-2H3/t13-/m0/s1. The zero-order valence-corrected chi connectivity index (χ0v) is 15.4. The number of halogens is 1. The number of aryl methyl sites for hydroxylation is 1. The van der Waals surface area contributed by atoms with Crippen molar-refractivity contribution in [2.45, 2.75) is 26.4 Å². The second-order valence-electron chi connectivity index (χ2n) is 6.62. The van der Waals surface area contributed by atoms with Crippen LogP contribution in [0, 0.1) is 12.7 Å². The second-order valence-corrected chi connectivity index (χ2v) is 6.62. The molecule has 0 spiro atoms. The van der Waals surface area contributed by atoms with E-state index in [0.717, 1.165) is 10.5 Å². The number of benzene rings is 2. The van der Waals surface area contributed by atoms with E-state index >= 15 is 0 Å². The van der Waals surface area contributed by atoms with Crippen LogP contribution in [0.4, 0.5) is 14.9 Å². The third-order valence-electron chi connectivity index (χ3n) is 4.77. The molecule has 142 valence electrons. The Kier molecular flexibility index (Phi) is 4.43. The Hall–Kier alpha value is -3.48. The van der Waals surface area contributed by atoms with Crippen molar-refractivity contribution in [3.8, 4) is 11.5 Å². The zero-order chi connectivity index (χ0) is 19.8. The first-order valence-corrected chi connectivity index (χ1v) is 8.87. The fourth-order valence-electron chi connectivity index (χ4n) is 3.24. The monoisotopic (exact) mass is 379 g/mol. The van der Waals surface area contributed by atoms with Gasteiger partial charge in [-0.2, -0.15) is 0 Å². The van der Waals surface area contributed by atoms with Crippen LogP contribution in [-0.2, 0) is 11.3 Å². The summed E-state index contributed by atoms with van der Waals surface area (Å²) in [5.74, 6) is 0.249. The average molecular weight is 379 g/mol. The smallest absolute Gasteiger partial charge is 0.332 e. The Morgan fingerprint density at radius 2 is 1.75 bits per heavy atom. The third kappa shape index (κ3) is 3.05. The van der Waals surface area contributed by atoms with Crippen LogP contribution in [0.15, 0.2) is 59.0 Å². The molecule has 3 aromatic rings. The van der Waals surface area contributed by atoms with E-state index in [9.17, 15) is 14.0 Å². The van der Waals surface area contributed by atoms with Crippen LogP contribution in [0.3, 0.4) is 0 Å². The van der Waals surface area contributed by atoms with Gasteiger partial charge in [-0.25, -0.2) is 14.2 Å². The van der Waals surface area contributed by atoms with Crippen molar-refractivity contribution in [2.24, 2.45) is 0 Å². The maximum Gasteiger partial charge on any atom is 0.332 e. The lowest BCUT2D eigenvalue weighted by molar-refractivity contribution is -0.127. The Balaban J connectivity index is 1.60. The minimum Gasteiger partial charge on any atom is -0.441 e. The highest BCUT2D eigenvalue weighted by atomic mass is 19.1. The number of carbonyl (C=O) groups is 2. The van der Waals surface area contributed by atoms with E-state index in [2.05, 4.69) is 4.98 Å². The van der Waals surface area contributed by atoms with E-state index in [4.69, 9.17) is 4.42 Å². The number of oxazole rings is 1. The molecule has 0 saturated carbocycles. The summed E-state index contributed by atoms with van der Waals surface area (Å²) in [6, 6.07) is 13.7. The van der Waals surface area contributed by atoms with E-state index in [0.29, 0.717) is 23.0 Å². The number of carbonyl (C=O) groups excluding carboxylic acids is 2. The SMILES string of the molecule is Cc1oc(-c2ccccc2)nc1CN1C(=O)[C@H](C)N(c2ccc(F)cc2)C1=O. The minimum atomic E-state index is -0.682. The van der Waals surface area contributed by atoms with Crippen LogP contribution in [0.1, 0.15) is 18.4 Å². The van der Waals surface area contributed by atoms with E-state index < -0.39 is 17.9 Å². The van der Waals surface area contributed by atoms with Crippen LogP contribution >= 0.6 is 0 Å². The molecule has 3 amide bonds. The van der Waals surface area contributed by atoms with Gasteiger partial charge in [-0.1, -0.05) is 18.2 Å². The summed E-state index contributed by atoms with van der Waals surface area (Å²) in [7, 11) is 0. The lowest BCUT2D eigenvalue weighted by Crippen LogP contribution is -2.33. The molecule has 0 aliphatic carbocycles. The summed E-state index contributed by atoms with van der Waals surface area (Å²) in [5, 5.41) is 0. The molecule has 4 rings (SSSR count). The Bertz CT molecular complexity index is 1030. The van der Waals surface area contributed by atoms with Crippen LogP contribution in [-0.4, -0.2) is 27.9 Å². The molecule has 1 aromatic heterocycles. The van der Waals surface area contributed by atoms with Gasteiger partial charge in [0, 0.05) is 11.3 Å². The van der Waals surface area contributed by atoms with Gasteiger partial charge in [-0.05, 0) is 50.2 Å². The number of hydrogen-bond acceptors (Lipinski definition) is 4. The van der Waals surface area contributed by atoms with Crippen molar-refractivity contribution in [1.82, 2.24) is 9.88 Å². The molecule has 0 radical (unpaired) electrons. The van der Waals surface area contributed by atoms with Gasteiger partial charge in [0.1, 0.15) is 23.3 Å². The van der Waals surface area contributed by atoms with Crippen LogP contribution in [0.25, 0.3) is 11.5 Å². The first-order valence-electron chi connectivity index (χ1n) is 8.87. The van der Waals surface area contributed by atoms with Gasteiger partial charge in [0.2, 0.25) is 5.89 Å². The molecule has 1 fully saturated rings. The molecule has 2 heterocycles. The maximum atomic E-state index is 13.2. The van der Waals surface area contributed by atoms with Crippen molar-refractivity contribution < 1.29 is 18.4 Å². The average Bonchev–Trinajstić information content (AvgIpc) is 3.17. The number of aromatic nitrogens is 1. The second kappa shape index (κ2) is 6.92. The summed E-state index contributed by atoms with van der Waals surface area (Å²) in [6.45, 7) is 3.41. The zero-order valence-electron chi connectivity index (χ0n) is 15.4. The summed E-state index contributed by atoms with van der Waals surface area (Å²) in [5.41, 5.74) is 1.81. The van der Waals surface area contributed by atoms with Crippen molar-refractivity contribution in [3.05, 3.63) is 71.9 Å². The molecule has 6 nitrogen and oxygen atoms in total. The van der Waals surface area contributed by atoms with Gasteiger partial charge in [0.05, 0.1) is 6.54 Å². The van der Waals surface area contributed by atoms with Crippen molar-refractivity contribution in [1.29, 1.82) is 0 Å². The first kappa shape index (κ1) is 17.9. The number of amides is 3. The van der Waals surface area contributed by atoms with Gasteiger partial charge in [-0.3, -0.25) is 14.6 Å². The molecule has 2 aromatic carbocycles. The molecule has 7 heteroatoms. The fourth-order valence-corrected chi connectivity index (χ4v) is 3.24.